The smallest absolute Gasteiger partial charge is 0.284 e. The number of rotatable bonds is 3. The molecule has 0 aliphatic rings. The Balaban J connectivity index is 2.83. The van der Waals surface area contributed by atoms with Gasteiger partial charge in [-0.1, -0.05) is 15.9 Å². The van der Waals surface area contributed by atoms with Crippen molar-refractivity contribution in [2.24, 2.45) is 0 Å². The van der Waals surface area contributed by atoms with Crippen molar-refractivity contribution in [3.05, 3.63) is 0 Å². The summed E-state index contributed by atoms with van der Waals surface area (Å²) in [6.07, 6.45) is 0. The third-order valence-corrected chi connectivity index (χ3v) is 5.13. The minimum absolute atomic E-state index is 0.742. The minimum Gasteiger partial charge on any atom is -0.405 e. The van der Waals surface area contributed by atoms with Crippen LogP contribution in [0, 0.1) is 0 Å². The number of alkyl halides is 1. The monoisotopic (exact) mass is 202 g/mol. The highest BCUT2D eigenvalue weighted by Gasteiger charge is 2.00. The van der Waals surface area contributed by atoms with E-state index in [0.29, 0.717) is 0 Å². The van der Waals surface area contributed by atoms with E-state index in [2.05, 4.69) is 15.9 Å². The number of hydrogen-bond donors (Lipinski definition) is 0. The lowest BCUT2D eigenvalue weighted by Crippen LogP contribution is -2.11. The summed E-state index contributed by atoms with van der Waals surface area (Å²) in [6, 6.07) is 0. The second-order valence-corrected chi connectivity index (χ2v) is 5.88. The molecule has 0 saturated heterocycles. The van der Waals surface area contributed by atoms with Crippen LogP contribution in [0.2, 0.25) is 0 Å². The number of hydrogen-bond acceptors (Lipinski definition) is 1. The first-order chi connectivity index (χ1) is 3.31. The fourth-order valence-electron chi connectivity index (χ4n) is 0.225. The van der Waals surface area contributed by atoms with Crippen LogP contribution in [0.5, 0.6) is 0 Å². The van der Waals surface area contributed by atoms with E-state index < -0.39 is 8.35 Å². The lowest BCUT2D eigenvalue weighted by Gasteiger charge is -1.99. The minimum atomic E-state index is -1.29. The van der Waals surface area contributed by atoms with E-state index in [-0.39, 0.29) is 0 Å². The van der Waals surface area contributed by atoms with Crippen LogP contribution in [0.3, 0.4) is 0 Å². The van der Waals surface area contributed by atoms with E-state index in [1.54, 1.807) is 0 Å². The third kappa shape index (κ3) is 4.81. The highest BCUT2D eigenvalue weighted by atomic mass is 79.9. The molecule has 0 aliphatic heterocycles. The molecule has 0 spiro atoms. The van der Waals surface area contributed by atoms with Crippen LogP contribution in [-0.2, 0) is 4.43 Å². The molecule has 1 unspecified atom stereocenters. The first-order valence-electron chi connectivity index (χ1n) is 2.13. The van der Waals surface area contributed by atoms with Gasteiger partial charge in [0.25, 0.3) is 8.35 Å². The van der Waals surface area contributed by atoms with Crippen molar-refractivity contribution < 1.29 is 4.43 Å². The molecular formula is C3H8BrClOSi. The molecule has 0 radical (unpaired) electrons. The molecule has 0 rings (SSSR count). The van der Waals surface area contributed by atoms with Crippen LogP contribution in [0.1, 0.15) is 6.92 Å². The molecule has 0 N–H and O–H groups in total. The number of halogens is 2. The van der Waals surface area contributed by atoms with Gasteiger partial charge in [0.2, 0.25) is 0 Å². The molecular weight excluding hydrogens is 195 g/mol. The first kappa shape index (κ1) is 7.95. The maximum absolute atomic E-state index is 5.64. The fourth-order valence-corrected chi connectivity index (χ4v) is 1.61. The van der Waals surface area contributed by atoms with Crippen molar-refractivity contribution >= 4 is 35.4 Å². The molecule has 0 aromatic carbocycles. The van der Waals surface area contributed by atoms with Gasteiger partial charge >= 0.3 is 0 Å². The summed E-state index contributed by atoms with van der Waals surface area (Å²) in [5.41, 5.74) is 0. The predicted octanol–water partition coefficient (Wildman–Crippen LogP) is 1.42. The molecule has 1 nitrogen and oxygen atoms in total. The van der Waals surface area contributed by atoms with Crippen molar-refractivity contribution in [3.8, 4) is 0 Å². The normalized spacial score (nSPS) is 14.1. The highest BCUT2D eigenvalue weighted by molar-refractivity contribution is 9.09. The molecule has 1 atom stereocenters. The molecule has 0 bridgehead atoms. The Bertz CT molecular complexity index is 45.9. The van der Waals surface area contributed by atoms with Gasteiger partial charge < -0.3 is 4.43 Å². The van der Waals surface area contributed by atoms with E-state index >= 15 is 0 Å². The summed E-state index contributed by atoms with van der Waals surface area (Å²) in [7, 11) is -1.29. The van der Waals surface area contributed by atoms with Crippen molar-refractivity contribution in [1.29, 1.82) is 0 Å². The van der Waals surface area contributed by atoms with Gasteiger partial charge in [0.1, 0.15) is 0 Å². The summed E-state index contributed by atoms with van der Waals surface area (Å²) in [6.45, 7) is 2.69. The summed E-state index contributed by atoms with van der Waals surface area (Å²) in [4.78, 5) is 0.836. The zero-order valence-corrected chi connectivity index (χ0v) is 7.65. The topological polar surface area (TPSA) is 9.23 Å². The van der Waals surface area contributed by atoms with Gasteiger partial charge in [0, 0.05) is 11.6 Å². The van der Waals surface area contributed by atoms with Gasteiger partial charge in [-0.3, -0.25) is 0 Å². The lowest BCUT2D eigenvalue weighted by molar-refractivity contribution is 0.358. The second-order valence-electron chi connectivity index (χ2n) is 1.02. The van der Waals surface area contributed by atoms with Crippen LogP contribution < -0.4 is 0 Å². The summed E-state index contributed by atoms with van der Waals surface area (Å²) < 4.78 is 5.05. The Kier molecular flexibility index (Phi) is 5.78. The van der Waals surface area contributed by atoms with Gasteiger partial charge in [-0.2, -0.15) is 0 Å². The van der Waals surface area contributed by atoms with E-state index in [1.807, 2.05) is 6.92 Å². The Morgan fingerprint density at radius 2 is 2.43 bits per heavy atom. The van der Waals surface area contributed by atoms with Gasteiger partial charge in [-0.05, 0) is 6.92 Å². The molecule has 0 amide bonds. The molecule has 44 valence electrons. The van der Waals surface area contributed by atoms with Crippen LogP contribution in [0.4, 0.5) is 0 Å². The maximum Gasteiger partial charge on any atom is 0.284 e. The molecule has 0 aromatic heterocycles. The fraction of sp³-hybridized carbons (Fsp3) is 1.00. The zero-order valence-electron chi connectivity index (χ0n) is 4.16. The standard InChI is InChI=1S/C3H8BrClOSi/c1-2-6-7(5)3-4/h7H,2-3H2,1H3. The molecule has 7 heavy (non-hydrogen) atoms. The Hall–Kier alpha value is 0.947. The maximum atomic E-state index is 5.64. The summed E-state index contributed by atoms with van der Waals surface area (Å²) >= 11 is 8.86. The second kappa shape index (κ2) is 5.09. The average molecular weight is 204 g/mol. The van der Waals surface area contributed by atoms with Crippen LogP contribution in [-0.4, -0.2) is 19.9 Å². The molecule has 0 aliphatic carbocycles. The third-order valence-electron chi connectivity index (χ3n) is 0.469. The quantitative estimate of drug-likeness (QED) is 0.383. The average Bonchev–Trinajstić information content (AvgIpc) is 1.68. The summed E-state index contributed by atoms with van der Waals surface area (Å²) in [5, 5.41) is 0. The van der Waals surface area contributed by atoms with Crippen LogP contribution in [0.25, 0.3) is 0 Å². The van der Waals surface area contributed by atoms with Crippen LogP contribution >= 0.6 is 27.0 Å². The van der Waals surface area contributed by atoms with E-state index in [4.69, 9.17) is 15.5 Å². The van der Waals surface area contributed by atoms with Crippen molar-refractivity contribution in [2.45, 2.75) is 6.92 Å². The van der Waals surface area contributed by atoms with Crippen molar-refractivity contribution in [1.82, 2.24) is 0 Å². The zero-order chi connectivity index (χ0) is 5.70. The lowest BCUT2D eigenvalue weighted by atomic mass is 10.9. The molecule has 0 saturated carbocycles. The van der Waals surface area contributed by atoms with Crippen molar-refractivity contribution in [2.75, 3.05) is 11.6 Å². The van der Waals surface area contributed by atoms with Gasteiger partial charge in [0.05, 0.1) is 0 Å². The predicted molar refractivity (Wildman–Crippen MR) is 38.4 cm³/mol. The SMILES string of the molecule is CCO[SiH](Cl)CBr. The Labute approximate surface area is 58.6 Å². The molecule has 0 fully saturated rings. The Morgan fingerprint density at radius 1 is 1.86 bits per heavy atom. The van der Waals surface area contributed by atoms with Gasteiger partial charge in [-0.15, -0.1) is 11.1 Å². The van der Waals surface area contributed by atoms with Gasteiger partial charge in [-0.25, -0.2) is 0 Å². The molecule has 0 heterocycles. The largest absolute Gasteiger partial charge is 0.405 e. The van der Waals surface area contributed by atoms with Crippen molar-refractivity contribution in [3.63, 3.8) is 0 Å². The highest BCUT2D eigenvalue weighted by Crippen LogP contribution is 1.95. The van der Waals surface area contributed by atoms with E-state index in [0.717, 1.165) is 11.6 Å². The van der Waals surface area contributed by atoms with E-state index in [9.17, 15) is 0 Å². The Morgan fingerprint density at radius 3 is 2.57 bits per heavy atom. The van der Waals surface area contributed by atoms with Gasteiger partial charge in [0.15, 0.2) is 0 Å². The summed E-state index contributed by atoms with van der Waals surface area (Å²) in [5.74, 6) is 0. The molecule has 0 aromatic rings. The van der Waals surface area contributed by atoms with E-state index in [1.165, 1.54) is 0 Å². The first-order valence-corrected chi connectivity index (χ1v) is 6.28. The van der Waals surface area contributed by atoms with Crippen LogP contribution in [0.15, 0.2) is 0 Å². The molecule has 4 heteroatoms.